The molecule has 42 heavy (non-hydrogen) atoms. The maximum atomic E-state index is 13.2. The smallest absolute Gasteiger partial charge is 0.407 e. The molecule has 0 saturated carbocycles. The summed E-state index contributed by atoms with van der Waals surface area (Å²) in [4.78, 5) is 65.1. The van der Waals surface area contributed by atoms with Crippen LogP contribution < -0.4 is 26.5 Å². The number of ether oxygens (including phenoxy) is 3. The number of hydrogen-bond donors (Lipinski definition) is 3. The number of alkyl carbamates (subject to hydrolysis) is 1. The largest absolute Gasteiger partial charge is 0.480 e. The van der Waals surface area contributed by atoms with Gasteiger partial charge in [0.25, 0.3) is 0 Å². The number of hydrogen-bond acceptors (Lipinski definition) is 8. The van der Waals surface area contributed by atoms with Crippen molar-refractivity contribution in [3.8, 4) is 5.75 Å². The van der Waals surface area contributed by atoms with Gasteiger partial charge in [0.2, 0.25) is 5.91 Å². The summed E-state index contributed by atoms with van der Waals surface area (Å²) in [6, 6.07) is 7.60. The van der Waals surface area contributed by atoms with Gasteiger partial charge in [-0.1, -0.05) is 17.7 Å². The van der Waals surface area contributed by atoms with Gasteiger partial charge in [-0.15, -0.1) is 0 Å². The molecule has 224 valence electrons. The van der Waals surface area contributed by atoms with E-state index in [2.05, 4.69) is 15.6 Å². The number of amides is 2. The number of aromatic nitrogens is 2. The fourth-order valence-electron chi connectivity index (χ4n) is 4.75. The number of halogens is 1. The Labute approximate surface area is 246 Å². The van der Waals surface area contributed by atoms with Gasteiger partial charge in [0, 0.05) is 24.0 Å². The summed E-state index contributed by atoms with van der Waals surface area (Å²) in [5.41, 5.74) is 0.481. The first-order valence-corrected chi connectivity index (χ1v) is 13.9. The highest BCUT2D eigenvalue weighted by Crippen LogP contribution is 2.33. The van der Waals surface area contributed by atoms with E-state index in [1.807, 2.05) is 0 Å². The number of esters is 1. The van der Waals surface area contributed by atoms with E-state index in [0.29, 0.717) is 34.5 Å². The summed E-state index contributed by atoms with van der Waals surface area (Å²) in [5.74, 6) is -0.844. The second-order valence-corrected chi connectivity index (χ2v) is 11.3. The Hall–Kier alpha value is -4.32. The number of nitrogens with one attached hydrogen (secondary N) is 3. The molecule has 0 radical (unpaired) electrons. The van der Waals surface area contributed by atoms with Gasteiger partial charge in [-0.3, -0.25) is 19.0 Å². The Morgan fingerprint density at radius 1 is 1.14 bits per heavy atom. The highest BCUT2D eigenvalue weighted by molar-refractivity contribution is 6.31. The predicted molar refractivity (Wildman–Crippen MR) is 156 cm³/mol. The predicted octanol–water partition coefficient (Wildman–Crippen LogP) is 3.83. The molecule has 12 nitrogen and oxygen atoms in total. The van der Waals surface area contributed by atoms with Gasteiger partial charge in [0.05, 0.1) is 23.3 Å². The zero-order valence-corrected chi connectivity index (χ0v) is 24.6. The standard InChI is InChI=1S/C29H33ClN4O8/c1-5-40-24(36)15-41-22-10-16(14-31-28(39)42-29(2,3)4)6-9-20(22)32-23(35)13-19-8-7-17-11-18(30)12-21-25(17)34(19)27(38)26(37)33-21/h6,9-12,19H,5,7-8,13-15H2,1-4H3,(H,31,39)(H,32,35)(H,33,37)/t19-/m0/s1. The molecule has 0 bridgehead atoms. The van der Waals surface area contributed by atoms with Crippen molar-refractivity contribution < 1.29 is 28.6 Å². The first-order valence-electron chi connectivity index (χ1n) is 13.5. The SMILES string of the molecule is CCOC(=O)COc1cc(CNC(=O)OC(C)(C)C)ccc1NC(=O)C[C@@H]1CCc2cc(Cl)cc3[nH]c(=O)c(=O)n1c23. The Kier molecular flexibility index (Phi) is 9.25. The first-order chi connectivity index (χ1) is 19.8. The van der Waals surface area contributed by atoms with E-state index in [0.717, 1.165) is 5.56 Å². The van der Waals surface area contributed by atoms with Gasteiger partial charge >= 0.3 is 23.2 Å². The van der Waals surface area contributed by atoms with Crippen molar-refractivity contribution in [2.45, 2.75) is 65.1 Å². The number of aryl methyl sites for hydroxylation is 1. The number of carbonyl (C=O) groups is 3. The average molecular weight is 601 g/mol. The van der Waals surface area contributed by atoms with Crippen LogP contribution in [0, 0.1) is 0 Å². The van der Waals surface area contributed by atoms with E-state index in [1.165, 1.54) is 4.57 Å². The third-order valence-corrected chi connectivity index (χ3v) is 6.61. The van der Waals surface area contributed by atoms with Crippen LogP contribution >= 0.6 is 11.6 Å². The lowest BCUT2D eigenvalue weighted by Gasteiger charge is -2.27. The van der Waals surface area contributed by atoms with Crippen molar-refractivity contribution >= 4 is 46.3 Å². The maximum Gasteiger partial charge on any atom is 0.407 e. The monoisotopic (exact) mass is 600 g/mol. The zero-order valence-electron chi connectivity index (χ0n) is 23.8. The third kappa shape index (κ3) is 7.49. The van der Waals surface area contributed by atoms with Crippen molar-refractivity contribution in [2.24, 2.45) is 0 Å². The molecule has 1 atom stereocenters. The summed E-state index contributed by atoms with van der Waals surface area (Å²) in [5, 5.41) is 5.87. The summed E-state index contributed by atoms with van der Waals surface area (Å²) in [6.45, 7) is 6.81. The van der Waals surface area contributed by atoms with E-state index < -0.39 is 47.3 Å². The zero-order chi connectivity index (χ0) is 30.6. The van der Waals surface area contributed by atoms with Crippen LogP contribution in [0.2, 0.25) is 5.02 Å². The minimum atomic E-state index is -0.798. The van der Waals surface area contributed by atoms with Crippen LogP contribution in [0.15, 0.2) is 39.9 Å². The molecule has 2 heterocycles. The topological polar surface area (TPSA) is 158 Å². The molecule has 2 amide bonds. The second kappa shape index (κ2) is 12.7. The molecule has 0 saturated heterocycles. The highest BCUT2D eigenvalue weighted by Gasteiger charge is 2.27. The van der Waals surface area contributed by atoms with Gasteiger partial charge in [-0.25, -0.2) is 9.59 Å². The number of rotatable bonds is 9. The second-order valence-electron chi connectivity index (χ2n) is 10.8. The molecule has 3 N–H and O–H groups in total. The maximum absolute atomic E-state index is 13.2. The number of benzene rings is 2. The normalized spacial score (nSPS) is 14.3. The number of aromatic amines is 1. The van der Waals surface area contributed by atoms with Gasteiger partial charge in [-0.05, 0) is 75.9 Å². The van der Waals surface area contributed by atoms with E-state index in [-0.39, 0.29) is 31.0 Å². The Morgan fingerprint density at radius 3 is 2.62 bits per heavy atom. The number of H-pyrrole nitrogens is 1. The van der Waals surface area contributed by atoms with Crippen LogP contribution in [0.3, 0.4) is 0 Å². The van der Waals surface area contributed by atoms with Crippen molar-refractivity contribution in [1.29, 1.82) is 0 Å². The van der Waals surface area contributed by atoms with Crippen LogP contribution in [0.4, 0.5) is 10.5 Å². The molecule has 2 aromatic carbocycles. The Bertz CT molecular complexity index is 1640. The lowest BCUT2D eigenvalue weighted by Crippen LogP contribution is -2.41. The van der Waals surface area contributed by atoms with E-state index in [1.54, 1.807) is 58.0 Å². The molecule has 3 aromatic rings. The first kappa shape index (κ1) is 30.6. The van der Waals surface area contributed by atoms with Crippen LogP contribution in [0.5, 0.6) is 5.75 Å². The van der Waals surface area contributed by atoms with E-state index >= 15 is 0 Å². The quantitative estimate of drug-likeness (QED) is 0.247. The fourth-order valence-corrected chi connectivity index (χ4v) is 4.99. The van der Waals surface area contributed by atoms with Gasteiger partial charge < -0.3 is 29.8 Å². The summed E-state index contributed by atoms with van der Waals surface area (Å²) < 4.78 is 17.2. The summed E-state index contributed by atoms with van der Waals surface area (Å²) >= 11 is 6.19. The lowest BCUT2D eigenvalue weighted by atomic mass is 9.96. The van der Waals surface area contributed by atoms with Crippen LogP contribution in [-0.2, 0) is 32.0 Å². The number of carbonyl (C=O) groups excluding carboxylic acids is 3. The van der Waals surface area contributed by atoms with Crippen molar-refractivity contribution in [3.63, 3.8) is 0 Å². The third-order valence-electron chi connectivity index (χ3n) is 6.40. The van der Waals surface area contributed by atoms with Gasteiger partial charge in [0.15, 0.2) is 6.61 Å². The summed E-state index contributed by atoms with van der Waals surface area (Å²) in [7, 11) is 0. The lowest BCUT2D eigenvalue weighted by molar-refractivity contribution is -0.145. The van der Waals surface area contributed by atoms with E-state index in [9.17, 15) is 24.0 Å². The van der Waals surface area contributed by atoms with Crippen LogP contribution in [-0.4, -0.2) is 46.3 Å². The minimum Gasteiger partial charge on any atom is -0.480 e. The molecule has 13 heteroatoms. The fraction of sp³-hybridized carbons (Fsp3) is 0.414. The van der Waals surface area contributed by atoms with E-state index in [4.69, 9.17) is 25.8 Å². The average Bonchev–Trinajstić information content (AvgIpc) is 2.90. The number of nitrogens with zero attached hydrogens (tertiary/aromatic N) is 1. The molecule has 0 spiro atoms. The van der Waals surface area contributed by atoms with Crippen molar-refractivity contribution in [2.75, 3.05) is 18.5 Å². The molecule has 0 aliphatic carbocycles. The van der Waals surface area contributed by atoms with Gasteiger partial charge in [-0.2, -0.15) is 0 Å². The van der Waals surface area contributed by atoms with Crippen molar-refractivity contribution in [3.05, 3.63) is 67.2 Å². The molecule has 1 aromatic heterocycles. The molecule has 1 aliphatic rings. The van der Waals surface area contributed by atoms with Crippen LogP contribution in [0.25, 0.3) is 11.0 Å². The van der Waals surface area contributed by atoms with Crippen molar-refractivity contribution in [1.82, 2.24) is 14.9 Å². The molecule has 1 aliphatic heterocycles. The molecule has 0 fully saturated rings. The number of anilines is 1. The Balaban J connectivity index is 1.54. The summed E-state index contributed by atoms with van der Waals surface area (Å²) in [6.07, 6.45) is 0.308. The van der Waals surface area contributed by atoms with Crippen LogP contribution in [0.1, 0.15) is 57.7 Å². The minimum absolute atomic E-state index is 0.0974. The molecule has 4 rings (SSSR count). The Morgan fingerprint density at radius 2 is 1.90 bits per heavy atom. The van der Waals surface area contributed by atoms with Gasteiger partial charge in [0.1, 0.15) is 11.4 Å². The molecule has 0 unspecified atom stereocenters. The molecular formula is C29H33ClN4O8. The molecular weight excluding hydrogens is 568 g/mol. The highest BCUT2D eigenvalue weighted by atomic mass is 35.5.